The third-order valence-electron chi connectivity index (χ3n) is 2.72. The number of nitrogens with one attached hydrogen (secondary N) is 1. The first-order valence-corrected chi connectivity index (χ1v) is 7.53. The standard InChI is InChI=1S/C11H17N5OS/c1-8(4-7-18(3)17)13-10-11-15-14-9(2)16(11)6-5-12-10/h5-6,8H,4,7H2,1-3H3,(H,12,13). The topological polar surface area (TPSA) is 72.2 Å². The first kappa shape index (κ1) is 12.9. The molecular weight excluding hydrogens is 250 g/mol. The van der Waals surface area contributed by atoms with Crippen molar-refractivity contribution < 1.29 is 4.21 Å². The van der Waals surface area contributed by atoms with Crippen molar-refractivity contribution in [1.82, 2.24) is 19.6 Å². The zero-order valence-electron chi connectivity index (χ0n) is 10.8. The van der Waals surface area contributed by atoms with Crippen LogP contribution in [0.15, 0.2) is 12.4 Å². The van der Waals surface area contributed by atoms with E-state index in [1.807, 2.05) is 24.4 Å². The Kier molecular flexibility index (Phi) is 3.90. The van der Waals surface area contributed by atoms with Crippen molar-refractivity contribution in [2.45, 2.75) is 26.3 Å². The normalized spacial score (nSPS) is 14.6. The zero-order chi connectivity index (χ0) is 13.1. The second kappa shape index (κ2) is 5.43. The average Bonchev–Trinajstić information content (AvgIpc) is 2.70. The van der Waals surface area contributed by atoms with Gasteiger partial charge in [0.25, 0.3) is 0 Å². The molecule has 2 rings (SSSR count). The Morgan fingerprint density at radius 3 is 3.00 bits per heavy atom. The maximum absolute atomic E-state index is 11.1. The van der Waals surface area contributed by atoms with E-state index in [9.17, 15) is 4.21 Å². The number of anilines is 1. The van der Waals surface area contributed by atoms with Crippen LogP contribution in [-0.4, -0.2) is 41.8 Å². The Balaban J connectivity index is 2.14. The molecule has 0 bridgehead atoms. The third kappa shape index (κ3) is 2.84. The van der Waals surface area contributed by atoms with Gasteiger partial charge in [0.05, 0.1) is 0 Å². The van der Waals surface area contributed by atoms with Gasteiger partial charge in [-0.3, -0.25) is 8.61 Å². The Morgan fingerprint density at radius 2 is 2.28 bits per heavy atom. The van der Waals surface area contributed by atoms with Crippen LogP contribution in [-0.2, 0) is 10.8 Å². The number of hydrogen-bond acceptors (Lipinski definition) is 5. The summed E-state index contributed by atoms with van der Waals surface area (Å²) >= 11 is 0. The van der Waals surface area contributed by atoms with Gasteiger partial charge in [0, 0.05) is 41.2 Å². The van der Waals surface area contributed by atoms with E-state index >= 15 is 0 Å². The zero-order valence-corrected chi connectivity index (χ0v) is 11.6. The molecule has 6 nitrogen and oxygen atoms in total. The summed E-state index contributed by atoms with van der Waals surface area (Å²) in [7, 11) is -0.761. The summed E-state index contributed by atoms with van der Waals surface area (Å²) in [6.45, 7) is 3.94. The summed E-state index contributed by atoms with van der Waals surface area (Å²) in [4.78, 5) is 4.28. The average molecular weight is 267 g/mol. The van der Waals surface area contributed by atoms with E-state index in [-0.39, 0.29) is 6.04 Å². The number of hydrogen-bond donors (Lipinski definition) is 1. The van der Waals surface area contributed by atoms with Gasteiger partial charge in [0.1, 0.15) is 5.82 Å². The van der Waals surface area contributed by atoms with Crippen molar-refractivity contribution in [3.8, 4) is 0 Å². The lowest BCUT2D eigenvalue weighted by Crippen LogP contribution is -2.19. The first-order chi connectivity index (χ1) is 8.58. The van der Waals surface area contributed by atoms with Gasteiger partial charge in [0.15, 0.2) is 5.82 Å². The highest BCUT2D eigenvalue weighted by Crippen LogP contribution is 2.13. The van der Waals surface area contributed by atoms with Crippen LogP contribution in [0.2, 0.25) is 0 Å². The van der Waals surface area contributed by atoms with E-state index in [2.05, 4.69) is 20.5 Å². The van der Waals surface area contributed by atoms with Crippen molar-refractivity contribution in [3.05, 3.63) is 18.2 Å². The van der Waals surface area contributed by atoms with E-state index in [1.54, 1.807) is 12.5 Å². The van der Waals surface area contributed by atoms with Crippen molar-refractivity contribution in [2.24, 2.45) is 0 Å². The summed E-state index contributed by atoms with van der Waals surface area (Å²) < 4.78 is 12.9. The van der Waals surface area contributed by atoms with Gasteiger partial charge < -0.3 is 5.32 Å². The summed E-state index contributed by atoms with van der Waals surface area (Å²) in [5, 5.41) is 11.4. The van der Waals surface area contributed by atoms with Crippen LogP contribution < -0.4 is 5.32 Å². The minimum Gasteiger partial charge on any atom is -0.364 e. The van der Waals surface area contributed by atoms with Gasteiger partial charge in [-0.2, -0.15) is 0 Å². The molecular formula is C11H17N5OS. The molecule has 18 heavy (non-hydrogen) atoms. The molecule has 2 aromatic heterocycles. The van der Waals surface area contributed by atoms with Gasteiger partial charge in [0.2, 0.25) is 5.65 Å². The Morgan fingerprint density at radius 1 is 1.50 bits per heavy atom. The van der Waals surface area contributed by atoms with Crippen LogP contribution in [0.3, 0.4) is 0 Å². The number of aryl methyl sites for hydroxylation is 1. The van der Waals surface area contributed by atoms with Gasteiger partial charge >= 0.3 is 0 Å². The summed E-state index contributed by atoms with van der Waals surface area (Å²) in [6.07, 6.45) is 6.10. The molecule has 1 N–H and O–H groups in total. The predicted octanol–water partition coefficient (Wildman–Crippen LogP) is 1.00. The van der Waals surface area contributed by atoms with Crippen molar-refractivity contribution in [1.29, 1.82) is 0 Å². The second-order valence-corrected chi connectivity index (χ2v) is 5.88. The van der Waals surface area contributed by atoms with Crippen LogP contribution in [0.5, 0.6) is 0 Å². The highest BCUT2D eigenvalue weighted by atomic mass is 32.2. The van der Waals surface area contributed by atoms with Gasteiger partial charge in [-0.25, -0.2) is 4.98 Å². The fraction of sp³-hybridized carbons (Fsp3) is 0.545. The molecule has 0 radical (unpaired) electrons. The monoisotopic (exact) mass is 267 g/mol. The van der Waals surface area contributed by atoms with Crippen LogP contribution in [0.25, 0.3) is 5.65 Å². The molecule has 0 amide bonds. The SMILES string of the molecule is Cc1nnc2c(NC(C)CCS(C)=O)nccn12. The lowest BCUT2D eigenvalue weighted by molar-refractivity contribution is 0.678. The predicted molar refractivity (Wildman–Crippen MR) is 72.2 cm³/mol. The molecule has 0 aliphatic rings. The van der Waals surface area contributed by atoms with Gasteiger partial charge in [-0.15, -0.1) is 10.2 Å². The Bertz CT molecular complexity index is 568. The summed E-state index contributed by atoms with van der Waals surface area (Å²) in [5.41, 5.74) is 0.722. The molecule has 2 atom stereocenters. The van der Waals surface area contributed by atoms with Crippen molar-refractivity contribution >= 4 is 22.3 Å². The number of rotatable bonds is 5. The number of nitrogens with zero attached hydrogens (tertiary/aromatic N) is 4. The van der Waals surface area contributed by atoms with E-state index in [0.29, 0.717) is 11.6 Å². The third-order valence-corrected chi connectivity index (χ3v) is 3.53. The lowest BCUT2D eigenvalue weighted by Gasteiger charge is -2.13. The van der Waals surface area contributed by atoms with Crippen LogP contribution in [0.1, 0.15) is 19.2 Å². The molecule has 0 saturated heterocycles. The molecule has 98 valence electrons. The van der Waals surface area contributed by atoms with Gasteiger partial charge in [-0.05, 0) is 20.3 Å². The molecule has 0 spiro atoms. The van der Waals surface area contributed by atoms with Crippen molar-refractivity contribution in [3.63, 3.8) is 0 Å². The van der Waals surface area contributed by atoms with Gasteiger partial charge in [-0.1, -0.05) is 0 Å². The Labute approximate surface area is 108 Å². The smallest absolute Gasteiger partial charge is 0.203 e. The Hall–Kier alpha value is -1.50. The quantitative estimate of drug-likeness (QED) is 0.875. The molecule has 0 fully saturated rings. The minimum absolute atomic E-state index is 0.199. The molecule has 7 heteroatoms. The highest BCUT2D eigenvalue weighted by molar-refractivity contribution is 7.84. The molecule has 0 aromatic carbocycles. The largest absolute Gasteiger partial charge is 0.364 e. The van der Waals surface area contributed by atoms with Crippen LogP contribution in [0, 0.1) is 6.92 Å². The second-order valence-electron chi connectivity index (χ2n) is 4.33. The van der Waals surface area contributed by atoms with Crippen LogP contribution >= 0.6 is 0 Å². The maximum atomic E-state index is 11.1. The summed E-state index contributed by atoms with van der Waals surface area (Å²) in [5.74, 6) is 2.23. The highest BCUT2D eigenvalue weighted by Gasteiger charge is 2.10. The van der Waals surface area contributed by atoms with Crippen molar-refractivity contribution in [2.75, 3.05) is 17.3 Å². The molecule has 0 saturated carbocycles. The minimum atomic E-state index is -0.761. The molecule has 2 heterocycles. The van der Waals surface area contributed by atoms with E-state index < -0.39 is 10.8 Å². The molecule has 0 aliphatic carbocycles. The fourth-order valence-electron chi connectivity index (χ4n) is 1.69. The fourth-order valence-corrected chi connectivity index (χ4v) is 2.38. The first-order valence-electron chi connectivity index (χ1n) is 5.81. The lowest BCUT2D eigenvalue weighted by atomic mass is 10.2. The van der Waals surface area contributed by atoms with Crippen LogP contribution in [0.4, 0.5) is 5.82 Å². The number of fused-ring (bicyclic) bond motifs is 1. The summed E-state index contributed by atoms with van der Waals surface area (Å²) in [6, 6.07) is 0.199. The maximum Gasteiger partial charge on any atom is 0.203 e. The number of aromatic nitrogens is 4. The van der Waals surface area contributed by atoms with E-state index in [1.165, 1.54) is 0 Å². The molecule has 2 unspecified atom stereocenters. The molecule has 2 aromatic rings. The van der Waals surface area contributed by atoms with E-state index in [0.717, 1.165) is 17.9 Å². The van der Waals surface area contributed by atoms with E-state index in [4.69, 9.17) is 0 Å². The molecule has 0 aliphatic heterocycles.